The van der Waals surface area contributed by atoms with Gasteiger partial charge in [0.25, 0.3) is 5.91 Å². The van der Waals surface area contributed by atoms with Crippen LogP contribution >= 0.6 is 0 Å². The van der Waals surface area contributed by atoms with Crippen molar-refractivity contribution in [2.45, 2.75) is 40.7 Å². The third-order valence-corrected chi connectivity index (χ3v) is 4.59. The monoisotopic (exact) mass is 383 g/mol. The molecule has 148 valence electrons. The lowest BCUT2D eigenvalue weighted by molar-refractivity contribution is -0.123. The highest BCUT2D eigenvalue weighted by Gasteiger charge is 2.48. The molecule has 0 radical (unpaired) electrons. The first-order chi connectivity index (χ1) is 13.1. The van der Waals surface area contributed by atoms with Crippen molar-refractivity contribution in [1.29, 1.82) is 0 Å². The average molecular weight is 383 g/mol. The molecule has 0 saturated heterocycles. The summed E-state index contributed by atoms with van der Waals surface area (Å²) in [5.41, 5.74) is -0.172. The van der Waals surface area contributed by atoms with E-state index >= 15 is 0 Å². The van der Waals surface area contributed by atoms with Gasteiger partial charge in [0.05, 0.1) is 12.2 Å². The molecular formula is C22H25NO5. The zero-order valence-electron chi connectivity index (χ0n) is 16.8. The molecule has 0 spiro atoms. The average Bonchev–Trinajstić information content (AvgIpc) is 3.16. The Labute approximate surface area is 164 Å². The van der Waals surface area contributed by atoms with Crippen LogP contribution in [-0.2, 0) is 9.59 Å². The molecule has 1 aliphatic heterocycles. The van der Waals surface area contributed by atoms with Gasteiger partial charge in [-0.1, -0.05) is 20.8 Å². The fourth-order valence-corrected chi connectivity index (χ4v) is 3.25. The van der Waals surface area contributed by atoms with Crippen LogP contribution in [0.25, 0.3) is 0 Å². The number of rotatable bonds is 5. The van der Waals surface area contributed by atoms with Crippen LogP contribution < -0.4 is 9.64 Å². The lowest BCUT2D eigenvalue weighted by Crippen LogP contribution is -2.32. The first-order valence-electron chi connectivity index (χ1n) is 9.25. The van der Waals surface area contributed by atoms with Gasteiger partial charge in [-0.3, -0.25) is 14.5 Å². The first kappa shape index (κ1) is 19.7. The molecule has 0 bridgehead atoms. The Kier molecular flexibility index (Phi) is 5.06. The third-order valence-electron chi connectivity index (χ3n) is 4.59. The molecule has 1 atom stereocenters. The summed E-state index contributed by atoms with van der Waals surface area (Å²) < 4.78 is 11.2. The van der Waals surface area contributed by atoms with Gasteiger partial charge in [-0.2, -0.15) is 0 Å². The molecule has 0 fully saturated rings. The van der Waals surface area contributed by atoms with Gasteiger partial charge in [-0.15, -0.1) is 0 Å². The van der Waals surface area contributed by atoms with Gasteiger partial charge < -0.3 is 14.3 Å². The molecule has 2 aromatic rings. The molecule has 2 heterocycles. The summed E-state index contributed by atoms with van der Waals surface area (Å²) in [4.78, 5) is 27.4. The van der Waals surface area contributed by atoms with Gasteiger partial charge in [0.1, 0.15) is 23.3 Å². The molecule has 6 heteroatoms. The number of carbonyl (C=O) groups is 2. The molecule has 1 amide bonds. The summed E-state index contributed by atoms with van der Waals surface area (Å²) in [6.45, 7) is 9.47. The predicted molar refractivity (Wildman–Crippen MR) is 105 cm³/mol. The smallest absolute Gasteiger partial charge is 0.294 e. The van der Waals surface area contributed by atoms with Gasteiger partial charge in [0, 0.05) is 11.1 Å². The largest absolute Gasteiger partial charge is 0.503 e. The number of hydrogen-bond acceptors (Lipinski definition) is 5. The van der Waals surface area contributed by atoms with Crippen LogP contribution in [0.2, 0.25) is 0 Å². The Balaban J connectivity index is 2.11. The topological polar surface area (TPSA) is 80.0 Å². The van der Waals surface area contributed by atoms with Gasteiger partial charge in [-0.25, -0.2) is 0 Å². The second-order valence-electron chi connectivity index (χ2n) is 7.79. The molecule has 6 nitrogen and oxygen atoms in total. The van der Waals surface area contributed by atoms with Crippen molar-refractivity contribution >= 4 is 17.4 Å². The fourth-order valence-electron chi connectivity index (χ4n) is 3.25. The van der Waals surface area contributed by atoms with Crippen molar-refractivity contribution in [2.24, 2.45) is 5.41 Å². The number of furan rings is 1. The minimum Gasteiger partial charge on any atom is -0.503 e. The summed E-state index contributed by atoms with van der Waals surface area (Å²) in [7, 11) is 0. The Morgan fingerprint density at radius 2 is 1.82 bits per heavy atom. The number of aliphatic hydroxyl groups excluding tert-OH is 1. The molecule has 0 saturated carbocycles. The van der Waals surface area contributed by atoms with E-state index in [1.54, 1.807) is 64.1 Å². The highest BCUT2D eigenvalue weighted by atomic mass is 16.5. The van der Waals surface area contributed by atoms with Crippen LogP contribution in [0.5, 0.6) is 5.75 Å². The predicted octanol–water partition coefficient (Wildman–Crippen LogP) is 4.50. The molecule has 1 N–H and O–H groups in total. The molecular weight excluding hydrogens is 358 g/mol. The summed E-state index contributed by atoms with van der Waals surface area (Å²) in [5.74, 6) is 0.292. The lowest BCUT2D eigenvalue weighted by atomic mass is 9.83. The van der Waals surface area contributed by atoms with Crippen molar-refractivity contribution in [1.82, 2.24) is 0 Å². The standard InChI is InChI=1S/C22H25NO5/c1-6-27-15-10-8-14(9-11-15)23-18(16-12-7-13(2)28-16)17(19(24)21(23)26)20(25)22(3,4)5/h7-12,18,24H,6H2,1-5H3. The maximum atomic E-state index is 13.1. The quantitative estimate of drug-likeness (QED) is 0.822. The van der Waals surface area contributed by atoms with E-state index in [1.165, 1.54) is 4.90 Å². The second-order valence-corrected chi connectivity index (χ2v) is 7.79. The molecule has 28 heavy (non-hydrogen) atoms. The van der Waals surface area contributed by atoms with Crippen molar-refractivity contribution in [2.75, 3.05) is 11.5 Å². The minimum absolute atomic E-state index is 0.0562. The molecule has 1 aliphatic rings. The molecule has 1 aromatic heterocycles. The van der Waals surface area contributed by atoms with E-state index in [2.05, 4.69) is 0 Å². The Hall–Kier alpha value is -3.02. The summed E-state index contributed by atoms with van der Waals surface area (Å²) in [5, 5.41) is 10.6. The van der Waals surface area contributed by atoms with Crippen LogP contribution in [-0.4, -0.2) is 23.4 Å². The van der Waals surface area contributed by atoms with E-state index in [9.17, 15) is 14.7 Å². The van der Waals surface area contributed by atoms with Gasteiger partial charge >= 0.3 is 0 Å². The minimum atomic E-state index is -0.828. The lowest BCUT2D eigenvalue weighted by Gasteiger charge is -2.27. The SMILES string of the molecule is CCOc1ccc(N2C(=O)C(O)=C(C(=O)C(C)(C)C)C2c2ccc(C)o2)cc1. The zero-order valence-corrected chi connectivity index (χ0v) is 16.8. The number of ketones is 1. The van der Waals surface area contributed by atoms with Crippen LogP contribution in [0.4, 0.5) is 5.69 Å². The molecule has 0 aliphatic carbocycles. The first-order valence-corrected chi connectivity index (χ1v) is 9.25. The third kappa shape index (κ3) is 3.42. The molecule has 3 rings (SSSR count). The van der Waals surface area contributed by atoms with Crippen molar-refractivity contribution in [3.8, 4) is 5.75 Å². The zero-order chi connectivity index (χ0) is 20.6. The number of carbonyl (C=O) groups excluding carboxylic acids is 2. The van der Waals surface area contributed by atoms with Gasteiger partial charge in [0.2, 0.25) is 0 Å². The van der Waals surface area contributed by atoms with E-state index in [4.69, 9.17) is 9.15 Å². The maximum Gasteiger partial charge on any atom is 0.294 e. The summed E-state index contributed by atoms with van der Waals surface area (Å²) in [6, 6.07) is 9.61. The number of amides is 1. The van der Waals surface area contributed by atoms with Gasteiger partial charge in [-0.05, 0) is 50.2 Å². The van der Waals surface area contributed by atoms with Crippen LogP contribution in [0.3, 0.4) is 0 Å². The molecule has 1 unspecified atom stereocenters. The normalized spacial score (nSPS) is 17.4. The van der Waals surface area contributed by atoms with E-state index in [1.807, 2.05) is 6.92 Å². The summed E-state index contributed by atoms with van der Waals surface area (Å²) in [6.07, 6.45) is 0. The number of aryl methyl sites for hydroxylation is 1. The van der Waals surface area contributed by atoms with Crippen molar-refractivity contribution in [3.63, 3.8) is 0 Å². The number of ether oxygens (including phenoxy) is 1. The van der Waals surface area contributed by atoms with Crippen molar-refractivity contribution in [3.05, 3.63) is 59.3 Å². The van der Waals surface area contributed by atoms with E-state index in [-0.39, 0.29) is 11.4 Å². The second kappa shape index (κ2) is 7.19. The van der Waals surface area contributed by atoms with Gasteiger partial charge in [0.15, 0.2) is 11.5 Å². The highest BCUT2D eigenvalue weighted by molar-refractivity contribution is 6.17. The van der Waals surface area contributed by atoms with Crippen LogP contribution in [0.1, 0.15) is 45.3 Å². The number of nitrogens with zero attached hydrogens (tertiary/aromatic N) is 1. The van der Waals surface area contributed by atoms with E-state index in [0.29, 0.717) is 29.6 Å². The fraction of sp³-hybridized carbons (Fsp3) is 0.364. The number of aliphatic hydroxyl groups is 1. The Bertz CT molecular complexity index is 931. The summed E-state index contributed by atoms with van der Waals surface area (Å²) >= 11 is 0. The van der Waals surface area contributed by atoms with Crippen LogP contribution in [0, 0.1) is 12.3 Å². The number of anilines is 1. The van der Waals surface area contributed by atoms with Crippen LogP contribution in [0.15, 0.2) is 52.1 Å². The van der Waals surface area contributed by atoms with E-state index < -0.39 is 23.1 Å². The Morgan fingerprint density at radius 1 is 1.18 bits per heavy atom. The number of benzene rings is 1. The maximum absolute atomic E-state index is 13.1. The number of hydrogen-bond donors (Lipinski definition) is 1. The van der Waals surface area contributed by atoms with E-state index in [0.717, 1.165) is 0 Å². The highest BCUT2D eigenvalue weighted by Crippen LogP contribution is 2.44. The Morgan fingerprint density at radius 3 is 2.32 bits per heavy atom. The molecule has 1 aromatic carbocycles. The number of Topliss-reactive ketones (excluding diaryl/α,β-unsaturated/α-hetero) is 1. The van der Waals surface area contributed by atoms with Crippen molar-refractivity contribution < 1.29 is 23.8 Å².